The molecule has 0 N–H and O–H groups in total. The molecule has 2 aromatic rings. The zero-order valence-corrected chi connectivity index (χ0v) is 15.1. The number of hydrogen-bond donors (Lipinski definition) is 0. The molecule has 1 unspecified atom stereocenters. The number of carbonyl (C=O) groups excluding carboxylic acids is 1. The lowest BCUT2D eigenvalue weighted by atomic mass is 10.1. The second-order valence-electron chi connectivity index (χ2n) is 5.50. The molecule has 1 aliphatic rings. The third-order valence-electron chi connectivity index (χ3n) is 3.79. The van der Waals surface area contributed by atoms with Gasteiger partial charge in [-0.2, -0.15) is 0 Å². The van der Waals surface area contributed by atoms with Crippen molar-refractivity contribution in [2.75, 3.05) is 6.61 Å². The van der Waals surface area contributed by atoms with Gasteiger partial charge in [0.2, 0.25) is 10.0 Å². The molecule has 0 aliphatic carbocycles. The van der Waals surface area contributed by atoms with E-state index < -0.39 is 15.9 Å². The summed E-state index contributed by atoms with van der Waals surface area (Å²) in [5.74, 6) is -0.661. The Morgan fingerprint density at radius 1 is 1.38 bits per heavy atom. The summed E-state index contributed by atoms with van der Waals surface area (Å²) in [6.45, 7) is 4.32. The van der Waals surface area contributed by atoms with Crippen LogP contribution in [0.1, 0.15) is 46.6 Å². The standard InChI is InChI=1S/C16H18N2O4S2/c1-3-22-11(2)15-17-13(9-23-15)8-18-16(19)14-7-5-4-6-12(14)10-24(18,20)21/h4-7,9,11H,3,8,10H2,1-2H3. The van der Waals surface area contributed by atoms with Crippen LogP contribution in [0.25, 0.3) is 0 Å². The summed E-state index contributed by atoms with van der Waals surface area (Å²) in [6.07, 6.45) is -0.150. The number of thiazole rings is 1. The minimum atomic E-state index is -3.69. The maximum Gasteiger partial charge on any atom is 0.268 e. The number of sulfonamides is 1. The molecule has 6 nitrogen and oxygen atoms in total. The molecular weight excluding hydrogens is 348 g/mol. The Morgan fingerprint density at radius 2 is 2.12 bits per heavy atom. The van der Waals surface area contributed by atoms with Gasteiger partial charge in [-0.15, -0.1) is 11.3 Å². The lowest BCUT2D eigenvalue weighted by molar-refractivity contribution is 0.0760. The molecular formula is C16H18N2O4S2. The first kappa shape index (κ1) is 17.1. The predicted octanol–water partition coefficient (Wildman–Crippen LogP) is 2.73. The molecule has 1 aromatic heterocycles. The van der Waals surface area contributed by atoms with Crippen molar-refractivity contribution < 1.29 is 17.9 Å². The average Bonchev–Trinajstić information content (AvgIpc) is 3.00. The van der Waals surface area contributed by atoms with Crippen LogP contribution in [-0.2, 0) is 27.1 Å². The van der Waals surface area contributed by atoms with Crippen LogP contribution >= 0.6 is 11.3 Å². The van der Waals surface area contributed by atoms with Crippen LogP contribution in [0.15, 0.2) is 29.6 Å². The third kappa shape index (κ3) is 3.22. The predicted molar refractivity (Wildman–Crippen MR) is 91.1 cm³/mol. The topological polar surface area (TPSA) is 76.6 Å². The summed E-state index contributed by atoms with van der Waals surface area (Å²) in [6, 6.07) is 6.80. The van der Waals surface area contributed by atoms with Gasteiger partial charge in [-0.1, -0.05) is 18.2 Å². The summed E-state index contributed by atoms with van der Waals surface area (Å²) in [7, 11) is -3.69. The van der Waals surface area contributed by atoms with Crippen molar-refractivity contribution >= 4 is 27.3 Å². The molecule has 2 heterocycles. The average molecular weight is 366 g/mol. The molecule has 8 heteroatoms. The first-order chi connectivity index (χ1) is 11.4. The van der Waals surface area contributed by atoms with Gasteiger partial charge in [0.25, 0.3) is 5.91 Å². The van der Waals surface area contributed by atoms with Gasteiger partial charge in [0.05, 0.1) is 18.0 Å². The lowest BCUT2D eigenvalue weighted by Crippen LogP contribution is -2.41. The number of carbonyl (C=O) groups is 1. The maximum absolute atomic E-state index is 12.6. The Morgan fingerprint density at radius 3 is 2.88 bits per heavy atom. The van der Waals surface area contributed by atoms with Gasteiger partial charge in [0.15, 0.2) is 0 Å². The number of hydrogen-bond acceptors (Lipinski definition) is 6. The quantitative estimate of drug-likeness (QED) is 0.813. The number of fused-ring (bicyclic) bond motifs is 1. The van der Waals surface area contributed by atoms with Crippen LogP contribution in [0, 0.1) is 0 Å². The van der Waals surface area contributed by atoms with Crippen molar-refractivity contribution in [3.05, 3.63) is 51.5 Å². The number of aromatic nitrogens is 1. The molecule has 0 saturated heterocycles. The van der Waals surface area contributed by atoms with E-state index in [1.807, 2.05) is 13.8 Å². The molecule has 0 spiro atoms. The molecule has 1 atom stereocenters. The van der Waals surface area contributed by atoms with Gasteiger partial charge in [0, 0.05) is 17.6 Å². The molecule has 0 bridgehead atoms. The zero-order chi connectivity index (χ0) is 17.3. The Bertz CT molecular complexity index is 860. The van der Waals surface area contributed by atoms with Crippen molar-refractivity contribution in [2.24, 2.45) is 0 Å². The van der Waals surface area contributed by atoms with E-state index in [4.69, 9.17) is 4.74 Å². The van der Waals surface area contributed by atoms with E-state index in [1.165, 1.54) is 11.3 Å². The van der Waals surface area contributed by atoms with E-state index in [2.05, 4.69) is 4.98 Å². The van der Waals surface area contributed by atoms with Crippen LogP contribution in [0.5, 0.6) is 0 Å². The number of rotatable bonds is 5. The minimum absolute atomic E-state index is 0.0507. The van der Waals surface area contributed by atoms with Gasteiger partial charge in [-0.05, 0) is 25.5 Å². The minimum Gasteiger partial charge on any atom is -0.372 e. The van der Waals surface area contributed by atoms with Crippen molar-refractivity contribution in [1.82, 2.24) is 9.29 Å². The Hall–Kier alpha value is -1.77. The summed E-state index contributed by atoms with van der Waals surface area (Å²) in [5.41, 5.74) is 1.53. The summed E-state index contributed by atoms with van der Waals surface area (Å²) in [5, 5.41) is 2.54. The molecule has 128 valence electrons. The summed E-state index contributed by atoms with van der Waals surface area (Å²) >= 11 is 1.40. The Labute approximate surface area is 145 Å². The largest absolute Gasteiger partial charge is 0.372 e. The highest BCUT2D eigenvalue weighted by Crippen LogP contribution is 2.27. The fourth-order valence-corrected chi connectivity index (χ4v) is 4.90. The number of ether oxygens (including phenoxy) is 1. The Kier molecular flexibility index (Phi) is 4.71. The van der Waals surface area contributed by atoms with Crippen molar-refractivity contribution in [2.45, 2.75) is 32.2 Å². The number of nitrogens with zero attached hydrogens (tertiary/aromatic N) is 2. The van der Waals surface area contributed by atoms with Crippen LogP contribution in [0.2, 0.25) is 0 Å². The summed E-state index contributed by atoms with van der Waals surface area (Å²) < 4.78 is 31.3. The lowest BCUT2D eigenvalue weighted by Gasteiger charge is -2.27. The normalized spacial score (nSPS) is 17.6. The van der Waals surface area contributed by atoms with E-state index in [-0.39, 0.29) is 18.4 Å². The first-order valence-corrected chi connectivity index (χ1v) is 10.1. The van der Waals surface area contributed by atoms with Gasteiger partial charge in [-0.25, -0.2) is 17.7 Å². The van der Waals surface area contributed by atoms with Gasteiger partial charge >= 0.3 is 0 Å². The van der Waals surface area contributed by atoms with E-state index in [9.17, 15) is 13.2 Å². The number of benzene rings is 1. The fourth-order valence-electron chi connectivity index (χ4n) is 2.61. The molecule has 1 aliphatic heterocycles. The van der Waals surface area contributed by atoms with E-state index in [0.29, 0.717) is 23.4 Å². The SMILES string of the molecule is CCOC(C)c1nc(CN2C(=O)c3ccccc3CS2(=O)=O)cs1. The third-order valence-corrected chi connectivity index (χ3v) is 6.48. The Balaban J connectivity index is 1.86. The molecule has 0 fully saturated rings. The number of amides is 1. The molecule has 0 saturated carbocycles. The maximum atomic E-state index is 12.6. The van der Waals surface area contributed by atoms with Crippen molar-refractivity contribution in [1.29, 1.82) is 0 Å². The smallest absolute Gasteiger partial charge is 0.268 e. The zero-order valence-electron chi connectivity index (χ0n) is 13.4. The van der Waals surface area contributed by atoms with Crippen LogP contribution < -0.4 is 0 Å². The van der Waals surface area contributed by atoms with Gasteiger partial charge in [-0.3, -0.25) is 4.79 Å². The summed E-state index contributed by atoms with van der Waals surface area (Å²) in [4.78, 5) is 17.0. The van der Waals surface area contributed by atoms with Gasteiger partial charge < -0.3 is 4.74 Å². The van der Waals surface area contributed by atoms with Crippen LogP contribution in [-0.4, -0.2) is 30.2 Å². The molecule has 1 aromatic carbocycles. The highest BCUT2D eigenvalue weighted by Gasteiger charge is 2.36. The van der Waals surface area contributed by atoms with Crippen molar-refractivity contribution in [3.8, 4) is 0 Å². The second kappa shape index (κ2) is 6.62. The highest BCUT2D eigenvalue weighted by atomic mass is 32.2. The van der Waals surface area contributed by atoms with Gasteiger partial charge in [0.1, 0.15) is 11.1 Å². The molecule has 0 radical (unpaired) electrons. The first-order valence-electron chi connectivity index (χ1n) is 7.61. The monoisotopic (exact) mass is 366 g/mol. The second-order valence-corrected chi connectivity index (χ2v) is 8.28. The van der Waals surface area contributed by atoms with E-state index >= 15 is 0 Å². The molecule has 3 rings (SSSR count). The fraction of sp³-hybridized carbons (Fsp3) is 0.375. The highest BCUT2D eigenvalue weighted by molar-refractivity contribution is 7.89. The van der Waals surface area contributed by atoms with E-state index in [0.717, 1.165) is 9.31 Å². The molecule has 24 heavy (non-hydrogen) atoms. The van der Waals surface area contributed by atoms with E-state index in [1.54, 1.807) is 29.6 Å². The van der Waals surface area contributed by atoms with Crippen LogP contribution in [0.3, 0.4) is 0 Å². The van der Waals surface area contributed by atoms with Crippen LogP contribution in [0.4, 0.5) is 0 Å². The molecule has 1 amide bonds. The van der Waals surface area contributed by atoms with Crippen molar-refractivity contribution in [3.63, 3.8) is 0 Å².